The number of amides is 2. The monoisotopic (exact) mass is 357 g/mol. The molecule has 1 aromatic carbocycles. The number of carbonyl (C=O) groups excluding carboxylic acids is 2. The lowest BCUT2D eigenvalue weighted by Crippen LogP contribution is -2.42. The van der Waals surface area contributed by atoms with Crippen LogP contribution < -0.4 is 11.1 Å². The second kappa shape index (κ2) is 8.21. The summed E-state index contributed by atoms with van der Waals surface area (Å²) in [6.07, 6.45) is 7.03. The fourth-order valence-electron chi connectivity index (χ4n) is 4.20. The van der Waals surface area contributed by atoms with Gasteiger partial charge >= 0.3 is 0 Å². The third-order valence-electron chi connectivity index (χ3n) is 5.88. The summed E-state index contributed by atoms with van der Waals surface area (Å²) in [5.74, 6) is 0.136. The predicted octanol–water partition coefficient (Wildman–Crippen LogP) is 3.47. The topological polar surface area (TPSA) is 75.4 Å². The van der Waals surface area contributed by atoms with Crippen molar-refractivity contribution in [2.24, 2.45) is 11.7 Å². The summed E-state index contributed by atoms with van der Waals surface area (Å²) in [4.78, 5) is 27.3. The van der Waals surface area contributed by atoms with Crippen LogP contribution in [0.3, 0.4) is 0 Å². The second-order valence-corrected chi connectivity index (χ2v) is 7.99. The van der Waals surface area contributed by atoms with Gasteiger partial charge in [0.25, 0.3) is 5.91 Å². The Morgan fingerprint density at radius 3 is 2.65 bits per heavy atom. The number of aryl methyl sites for hydroxylation is 1. The number of hydrogen-bond donors (Lipinski definition) is 2. The van der Waals surface area contributed by atoms with Gasteiger partial charge in [-0.2, -0.15) is 0 Å². The predicted molar refractivity (Wildman–Crippen MR) is 104 cm³/mol. The van der Waals surface area contributed by atoms with E-state index in [0.29, 0.717) is 11.6 Å². The Hall–Kier alpha value is -1.88. The standard InChI is InChI=1S/C21H31N3O2/c1-14-12-17(21(26)24-11-4-3-6-15(24)2)9-10-19(14)23-20(25)16-7-5-8-18(22)13-16/h9-10,12,15-16,18H,3-8,11,13,22H2,1-2H3,(H,23,25). The molecule has 3 unspecified atom stereocenters. The van der Waals surface area contributed by atoms with Crippen LogP contribution in [0.1, 0.15) is 67.8 Å². The molecule has 0 aromatic heterocycles. The third kappa shape index (κ3) is 4.26. The Morgan fingerprint density at radius 2 is 1.96 bits per heavy atom. The van der Waals surface area contributed by atoms with Gasteiger partial charge < -0.3 is 16.0 Å². The second-order valence-electron chi connectivity index (χ2n) is 7.99. The number of anilines is 1. The van der Waals surface area contributed by atoms with Crippen LogP contribution in [0.2, 0.25) is 0 Å². The third-order valence-corrected chi connectivity index (χ3v) is 5.88. The number of piperidine rings is 1. The molecule has 2 amide bonds. The van der Waals surface area contributed by atoms with Gasteiger partial charge in [0.15, 0.2) is 0 Å². The Kier molecular flexibility index (Phi) is 5.97. The fraction of sp³-hybridized carbons (Fsp3) is 0.619. The van der Waals surface area contributed by atoms with Gasteiger partial charge in [0, 0.05) is 35.8 Å². The van der Waals surface area contributed by atoms with Gasteiger partial charge in [0.2, 0.25) is 5.91 Å². The highest BCUT2D eigenvalue weighted by molar-refractivity contribution is 5.97. The zero-order valence-electron chi connectivity index (χ0n) is 16.0. The number of benzene rings is 1. The number of nitrogens with two attached hydrogens (primary N) is 1. The van der Waals surface area contributed by atoms with Gasteiger partial charge in [-0.15, -0.1) is 0 Å². The van der Waals surface area contributed by atoms with Gasteiger partial charge in [-0.25, -0.2) is 0 Å². The maximum Gasteiger partial charge on any atom is 0.254 e. The van der Waals surface area contributed by atoms with Gasteiger partial charge in [-0.3, -0.25) is 9.59 Å². The number of hydrogen-bond acceptors (Lipinski definition) is 3. The van der Waals surface area contributed by atoms with E-state index in [0.717, 1.165) is 56.3 Å². The molecule has 1 aliphatic carbocycles. The van der Waals surface area contributed by atoms with Crippen LogP contribution in [0.4, 0.5) is 5.69 Å². The van der Waals surface area contributed by atoms with Crippen LogP contribution in [-0.4, -0.2) is 35.3 Å². The number of nitrogens with zero attached hydrogens (tertiary/aromatic N) is 1. The van der Waals surface area contributed by atoms with Crippen LogP contribution in [-0.2, 0) is 4.79 Å². The van der Waals surface area contributed by atoms with E-state index in [1.807, 2.05) is 30.0 Å². The molecule has 0 bridgehead atoms. The highest BCUT2D eigenvalue weighted by Crippen LogP contribution is 2.26. The Balaban J connectivity index is 1.67. The Labute approximate surface area is 156 Å². The van der Waals surface area contributed by atoms with Crippen molar-refractivity contribution in [2.45, 2.75) is 70.9 Å². The van der Waals surface area contributed by atoms with Crippen LogP contribution in [0, 0.1) is 12.8 Å². The first-order valence-electron chi connectivity index (χ1n) is 9.93. The number of carbonyl (C=O) groups is 2. The summed E-state index contributed by atoms with van der Waals surface area (Å²) >= 11 is 0. The van der Waals surface area contributed by atoms with E-state index in [1.165, 1.54) is 6.42 Å². The molecular formula is C21H31N3O2. The SMILES string of the molecule is Cc1cc(C(=O)N2CCCCC2C)ccc1NC(=O)C1CCCC(N)C1. The fourth-order valence-corrected chi connectivity index (χ4v) is 4.20. The zero-order valence-corrected chi connectivity index (χ0v) is 16.0. The van der Waals surface area contributed by atoms with E-state index < -0.39 is 0 Å². The molecule has 1 saturated carbocycles. The van der Waals surface area contributed by atoms with Crippen molar-refractivity contribution in [1.82, 2.24) is 4.90 Å². The van der Waals surface area contributed by atoms with Gasteiger partial charge in [-0.05, 0) is 76.1 Å². The molecule has 1 aliphatic heterocycles. The van der Waals surface area contributed by atoms with Crippen molar-refractivity contribution in [2.75, 3.05) is 11.9 Å². The molecule has 2 fully saturated rings. The van der Waals surface area contributed by atoms with E-state index >= 15 is 0 Å². The lowest BCUT2D eigenvalue weighted by atomic mass is 9.85. The van der Waals surface area contributed by atoms with E-state index in [2.05, 4.69) is 12.2 Å². The molecule has 0 radical (unpaired) electrons. The van der Waals surface area contributed by atoms with Gasteiger partial charge in [0.05, 0.1) is 0 Å². The Morgan fingerprint density at radius 1 is 1.15 bits per heavy atom. The normalized spacial score (nSPS) is 26.4. The van der Waals surface area contributed by atoms with Crippen LogP contribution in [0.15, 0.2) is 18.2 Å². The maximum absolute atomic E-state index is 12.8. The molecule has 5 heteroatoms. The summed E-state index contributed by atoms with van der Waals surface area (Å²) in [6.45, 7) is 4.89. The molecule has 3 N–H and O–H groups in total. The average molecular weight is 357 g/mol. The summed E-state index contributed by atoms with van der Waals surface area (Å²) in [5.41, 5.74) is 8.42. The molecule has 3 atom stereocenters. The van der Waals surface area contributed by atoms with E-state index in [-0.39, 0.29) is 23.8 Å². The van der Waals surface area contributed by atoms with Crippen LogP contribution in [0.5, 0.6) is 0 Å². The minimum atomic E-state index is -0.00587. The summed E-state index contributed by atoms with van der Waals surface area (Å²) < 4.78 is 0. The van der Waals surface area contributed by atoms with Crippen LogP contribution in [0.25, 0.3) is 0 Å². The molecule has 142 valence electrons. The van der Waals surface area contributed by atoms with E-state index in [1.54, 1.807) is 0 Å². The molecule has 26 heavy (non-hydrogen) atoms. The van der Waals surface area contributed by atoms with Crippen LogP contribution >= 0.6 is 0 Å². The zero-order chi connectivity index (χ0) is 18.7. The molecule has 2 aliphatic rings. The van der Waals surface area contributed by atoms with Crippen molar-refractivity contribution in [3.05, 3.63) is 29.3 Å². The molecule has 0 spiro atoms. The average Bonchev–Trinajstić information content (AvgIpc) is 2.63. The number of rotatable bonds is 3. The highest BCUT2D eigenvalue weighted by Gasteiger charge is 2.27. The van der Waals surface area contributed by atoms with Gasteiger partial charge in [-0.1, -0.05) is 6.42 Å². The van der Waals surface area contributed by atoms with Crippen molar-refractivity contribution < 1.29 is 9.59 Å². The highest BCUT2D eigenvalue weighted by atomic mass is 16.2. The molecule has 5 nitrogen and oxygen atoms in total. The summed E-state index contributed by atoms with van der Waals surface area (Å²) in [7, 11) is 0. The van der Waals surface area contributed by atoms with E-state index in [9.17, 15) is 9.59 Å². The van der Waals surface area contributed by atoms with Crippen molar-refractivity contribution in [3.8, 4) is 0 Å². The lowest BCUT2D eigenvalue weighted by molar-refractivity contribution is -0.120. The first-order chi connectivity index (χ1) is 12.5. The van der Waals surface area contributed by atoms with Crippen molar-refractivity contribution in [3.63, 3.8) is 0 Å². The number of likely N-dealkylation sites (tertiary alicyclic amines) is 1. The quantitative estimate of drug-likeness (QED) is 0.870. The first-order valence-corrected chi connectivity index (χ1v) is 9.93. The first kappa shape index (κ1) is 18.9. The smallest absolute Gasteiger partial charge is 0.254 e. The molecule has 3 rings (SSSR count). The minimum absolute atomic E-state index is 0.00587. The Bertz CT molecular complexity index is 673. The lowest BCUT2D eigenvalue weighted by Gasteiger charge is -2.33. The molecule has 1 saturated heterocycles. The summed E-state index contributed by atoms with van der Waals surface area (Å²) in [6, 6.07) is 6.02. The maximum atomic E-state index is 12.8. The largest absolute Gasteiger partial charge is 0.336 e. The van der Waals surface area contributed by atoms with Gasteiger partial charge in [0.1, 0.15) is 0 Å². The van der Waals surface area contributed by atoms with E-state index in [4.69, 9.17) is 5.73 Å². The molecule has 1 heterocycles. The van der Waals surface area contributed by atoms with Crippen molar-refractivity contribution in [1.29, 1.82) is 0 Å². The molecule has 1 aromatic rings. The number of nitrogens with one attached hydrogen (secondary N) is 1. The van der Waals surface area contributed by atoms with Crippen molar-refractivity contribution >= 4 is 17.5 Å². The summed E-state index contributed by atoms with van der Waals surface area (Å²) in [5, 5.41) is 3.04. The molecular weight excluding hydrogens is 326 g/mol. The minimum Gasteiger partial charge on any atom is -0.336 e.